The van der Waals surface area contributed by atoms with Gasteiger partial charge in [0.05, 0.1) is 19.3 Å². The molecule has 0 aromatic rings. The summed E-state index contributed by atoms with van der Waals surface area (Å²) in [6, 6.07) is 0.513. The Morgan fingerprint density at radius 3 is 2.78 bits per heavy atom. The van der Waals surface area contributed by atoms with Gasteiger partial charge in [-0.25, -0.2) is 0 Å². The third kappa shape index (κ3) is 3.02. The third-order valence-corrected chi connectivity index (χ3v) is 4.04. The lowest BCUT2D eigenvalue weighted by atomic mass is 10.1. The van der Waals surface area contributed by atoms with E-state index >= 15 is 0 Å². The van der Waals surface area contributed by atoms with Gasteiger partial charge in [0.15, 0.2) is 0 Å². The van der Waals surface area contributed by atoms with E-state index in [2.05, 4.69) is 10.2 Å². The van der Waals surface area contributed by atoms with Crippen LogP contribution in [0.25, 0.3) is 0 Å². The number of ether oxygens (including phenoxy) is 1. The van der Waals surface area contributed by atoms with Crippen molar-refractivity contribution < 1.29 is 9.53 Å². The highest BCUT2D eigenvalue weighted by Gasteiger charge is 2.33. The van der Waals surface area contributed by atoms with Crippen LogP contribution in [0.3, 0.4) is 0 Å². The van der Waals surface area contributed by atoms with E-state index in [1.807, 2.05) is 18.9 Å². The number of rotatable bonds is 4. The fourth-order valence-electron chi connectivity index (χ4n) is 3.01. The number of hydrogen-bond donors (Lipinski definition) is 1. The first-order valence-electron chi connectivity index (χ1n) is 7.01. The summed E-state index contributed by atoms with van der Waals surface area (Å²) < 4.78 is 5.30. The van der Waals surface area contributed by atoms with Crippen LogP contribution in [0, 0.1) is 0 Å². The number of likely N-dealkylation sites (N-methyl/N-ethyl adjacent to an activating group) is 1. The molecule has 2 atom stereocenters. The number of nitrogens with zero attached hydrogens (tertiary/aromatic N) is 2. The van der Waals surface area contributed by atoms with Crippen molar-refractivity contribution in [1.29, 1.82) is 0 Å². The molecule has 5 heteroatoms. The normalized spacial score (nSPS) is 27.4. The molecule has 104 valence electrons. The number of morpholine rings is 1. The molecule has 0 aromatic heterocycles. The molecule has 0 spiro atoms. The van der Waals surface area contributed by atoms with Gasteiger partial charge >= 0.3 is 0 Å². The van der Waals surface area contributed by atoms with Gasteiger partial charge in [0.1, 0.15) is 0 Å². The van der Waals surface area contributed by atoms with Gasteiger partial charge in [-0.1, -0.05) is 0 Å². The van der Waals surface area contributed by atoms with Crippen LogP contribution in [0.4, 0.5) is 0 Å². The lowest BCUT2D eigenvalue weighted by Crippen LogP contribution is -2.53. The summed E-state index contributed by atoms with van der Waals surface area (Å²) in [5.74, 6) is 0.265. The van der Waals surface area contributed by atoms with Crippen LogP contribution >= 0.6 is 0 Å². The van der Waals surface area contributed by atoms with Gasteiger partial charge in [-0.3, -0.25) is 9.69 Å². The molecular weight excluding hydrogens is 230 g/mol. The SMILES string of the molecule is CNCC1CCCN1C(C)C(=O)N1CCOCC1. The maximum absolute atomic E-state index is 12.4. The zero-order valence-corrected chi connectivity index (χ0v) is 11.5. The molecule has 2 unspecified atom stereocenters. The van der Waals surface area contributed by atoms with Crippen molar-refractivity contribution in [2.45, 2.75) is 31.8 Å². The Morgan fingerprint density at radius 2 is 2.11 bits per heavy atom. The molecule has 0 radical (unpaired) electrons. The van der Waals surface area contributed by atoms with Crippen LogP contribution in [0.5, 0.6) is 0 Å². The number of amides is 1. The first-order valence-corrected chi connectivity index (χ1v) is 7.01. The molecule has 0 aromatic carbocycles. The van der Waals surface area contributed by atoms with Gasteiger partial charge in [-0.05, 0) is 33.4 Å². The lowest BCUT2D eigenvalue weighted by molar-refractivity contribution is -0.140. The maximum atomic E-state index is 12.4. The average Bonchev–Trinajstić information content (AvgIpc) is 2.87. The first kappa shape index (κ1) is 13.8. The van der Waals surface area contributed by atoms with Crippen molar-refractivity contribution >= 4 is 5.91 Å². The van der Waals surface area contributed by atoms with Crippen molar-refractivity contribution in [1.82, 2.24) is 15.1 Å². The van der Waals surface area contributed by atoms with Gasteiger partial charge < -0.3 is 15.0 Å². The molecule has 2 heterocycles. The van der Waals surface area contributed by atoms with Crippen molar-refractivity contribution in [3.8, 4) is 0 Å². The van der Waals surface area contributed by atoms with E-state index in [0.29, 0.717) is 19.3 Å². The van der Waals surface area contributed by atoms with Gasteiger partial charge in [0.2, 0.25) is 5.91 Å². The molecule has 2 aliphatic heterocycles. The Labute approximate surface area is 109 Å². The van der Waals surface area contributed by atoms with Crippen LogP contribution in [0.15, 0.2) is 0 Å². The number of likely N-dealkylation sites (tertiary alicyclic amines) is 1. The second kappa shape index (κ2) is 6.50. The van der Waals surface area contributed by atoms with E-state index in [1.165, 1.54) is 12.8 Å². The summed E-state index contributed by atoms with van der Waals surface area (Å²) in [6.45, 7) is 6.91. The molecule has 18 heavy (non-hydrogen) atoms. The summed E-state index contributed by atoms with van der Waals surface area (Å²) in [5.41, 5.74) is 0. The molecule has 2 saturated heterocycles. The van der Waals surface area contributed by atoms with Crippen molar-refractivity contribution in [2.75, 3.05) is 46.4 Å². The molecule has 2 fully saturated rings. The molecule has 0 bridgehead atoms. The summed E-state index contributed by atoms with van der Waals surface area (Å²) in [5, 5.41) is 3.23. The molecule has 2 rings (SSSR count). The van der Waals surface area contributed by atoms with Gasteiger partial charge in [-0.2, -0.15) is 0 Å². The highest BCUT2D eigenvalue weighted by Crippen LogP contribution is 2.20. The standard InChI is InChI=1S/C13H25N3O2/c1-11(13(17)15-6-8-18-9-7-15)16-5-3-4-12(16)10-14-2/h11-12,14H,3-10H2,1-2H3. The topological polar surface area (TPSA) is 44.8 Å². The largest absolute Gasteiger partial charge is 0.378 e. The third-order valence-electron chi connectivity index (χ3n) is 4.04. The summed E-state index contributed by atoms with van der Waals surface area (Å²) in [7, 11) is 1.98. The van der Waals surface area contributed by atoms with Crippen LogP contribution < -0.4 is 5.32 Å². The Balaban J connectivity index is 1.92. The van der Waals surface area contributed by atoms with Gasteiger partial charge in [-0.15, -0.1) is 0 Å². The minimum Gasteiger partial charge on any atom is -0.378 e. The van der Waals surface area contributed by atoms with E-state index < -0.39 is 0 Å². The number of nitrogens with one attached hydrogen (secondary N) is 1. The second-order valence-electron chi connectivity index (χ2n) is 5.21. The van der Waals surface area contributed by atoms with Crippen LogP contribution in [0.2, 0.25) is 0 Å². The Bertz CT molecular complexity index is 279. The smallest absolute Gasteiger partial charge is 0.239 e. The van der Waals surface area contributed by atoms with Gasteiger partial charge in [0.25, 0.3) is 0 Å². The number of carbonyl (C=O) groups is 1. The van der Waals surface area contributed by atoms with Gasteiger partial charge in [0, 0.05) is 25.7 Å². The molecule has 0 aliphatic carbocycles. The Kier molecular flexibility index (Phi) is 4.97. The van der Waals surface area contributed by atoms with E-state index in [4.69, 9.17) is 4.74 Å². The summed E-state index contributed by atoms with van der Waals surface area (Å²) >= 11 is 0. The summed E-state index contributed by atoms with van der Waals surface area (Å²) in [6.07, 6.45) is 2.40. The van der Waals surface area contributed by atoms with E-state index in [-0.39, 0.29) is 11.9 Å². The van der Waals surface area contributed by atoms with Crippen LogP contribution in [-0.2, 0) is 9.53 Å². The molecular formula is C13H25N3O2. The minimum atomic E-state index is 0.00366. The van der Waals surface area contributed by atoms with Crippen LogP contribution in [-0.4, -0.2) is 74.2 Å². The highest BCUT2D eigenvalue weighted by molar-refractivity contribution is 5.81. The molecule has 1 amide bonds. The zero-order valence-electron chi connectivity index (χ0n) is 11.5. The summed E-state index contributed by atoms with van der Waals surface area (Å²) in [4.78, 5) is 16.7. The lowest BCUT2D eigenvalue weighted by Gasteiger charge is -2.35. The monoisotopic (exact) mass is 255 g/mol. The number of carbonyl (C=O) groups excluding carboxylic acids is 1. The second-order valence-corrected chi connectivity index (χ2v) is 5.21. The van der Waals surface area contributed by atoms with Crippen molar-refractivity contribution in [3.05, 3.63) is 0 Å². The predicted octanol–water partition coefficient (Wildman–Crippen LogP) is -0.0825. The fourth-order valence-corrected chi connectivity index (χ4v) is 3.01. The van der Waals surface area contributed by atoms with E-state index in [1.54, 1.807) is 0 Å². The Hall–Kier alpha value is -0.650. The average molecular weight is 255 g/mol. The van der Waals surface area contributed by atoms with Crippen molar-refractivity contribution in [2.24, 2.45) is 0 Å². The van der Waals surface area contributed by atoms with Crippen LogP contribution in [0.1, 0.15) is 19.8 Å². The number of hydrogen-bond acceptors (Lipinski definition) is 4. The quantitative estimate of drug-likeness (QED) is 0.763. The zero-order chi connectivity index (χ0) is 13.0. The molecule has 2 aliphatic rings. The predicted molar refractivity (Wildman–Crippen MR) is 70.5 cm³/mol. The van der Waals surface area contributed by atoms with Crippen molar-refractivity contribution in [3.63, 3.8) is 0 Å². The first-order chi connectivity index (χ1) is 8.74. The molecule has 0 saturated carbocycles. The van der Waals surface area contributed by atoms with E-state index in [9.17, 15) is 4.79 Å². The molecule has 5 nitrogen and oxygen atoms in total. The highest BCUT2D eigenvalue weighted by atomic mass is 16.5. The maximum Gasteiger partial charge on any atom is 0.239 e. The minimum absolute atomic E-state index is 0.00366. The van der Waals surface area contributed by atoms with E-state index in [0.717, 1.165) is 26.2 Å². The fraction of sp³-hybridized carbons (Fsp3) is 0.923. The Morgan fingerprint density at radius 1 is 1.39 bits per heavy atom. The molecule has 1 N–H and O–H groups in total.